The minimum absolute atomic E-state index is 0.123. The van der Waals surface area contributed by atoms with Gasteiger partial charge in [-0.2, -0.15) is 4.99 Å². The summed E-state index contributed by atoms with van der Waals surface area (Å²) >= 11 is 0. The van der Waals surface area contributed by atoms with Gasteiger partial charge in [0.2, 0.25) is 12.0 Å². The van der Waals surface area contributed by atoms with Crippen LogP contribution in [0.15, 0.2) is 53.5 Å². The Morgan fingerprint density at radius 3 is 2.67 bits per heavy atom. The maximum Gasteiger partial charge on any atom is 0.240 e. The van der Waals surface area contributed by atoms with Crippen LogP contribution in [-0.2, 0) is 22.6 Å². The number of amides is 1. The van der Waals surface area contributed by atoms with Crippen LogP contribution >= 0.6 is 0 Å². The molecular weight excluding hydrogens is 264 g/mol. The van der Waals surface area contributed by atoms with Crippen molar-refractivity contribution in [1.82, 2.24) is 0 Å². The van der Waals surface area contributed by atoms with Crippen LogP contribution in [0.25, 0.3) is 0 Å². The van der Waals surface area contributed by atoms with Crippen LogP contribution in [0.3, 0.4) is 0 Å². The van der Waals surface area contributed by atoms with Gasteiger partial charge in [0.05, 0.1) is 12.2 Å². The van der Waals surface area contributed by atoms with E-state index in [9.17, 15) is 9.59 Å². The van der Waals surface area contributed by atoms with E-state index < -0.39 is 0 Å². The largest absolute Gasteiger partial charge is 0.308 e. The fourth-order valence-electron chi connectivity index (χ4n) is 2.61. The third-order valence-corrected chi connectivity index (χ3v) is 3.62. The average Bonchev–Trinajstić information content (AvgIpc) is 2.51. The number of aryl methyl sites for hydroxylation is 1. The zero-order chi connectivity index (χ0) is 14.7. The fraction of sp³-hybridized carbons (Fsp3) is 0.176. The molecule has 0 atom stereocenters. The van der Waals surface area contributed by atoms with Crippen molar-refractivity contribution in [2.45, 2.75) is 19.4 Å². The third kappa shape index (κ3) is 2.76. The quantitative estimate of drug-likeness (QED) is 0.639. The van der Waals surface area contributed by atoms with E-state index in [1.807, 2.05) is 42.5 Å². The van der Waals surface area contributed by atoms with Crippen molar-refractivity contribution in [3.8, 4) is 0 Å². The van der Waals surface area contributed by atoms with Gasteiger partial charge in [-0.05, 0) is 35.7 Å². The summed E-state index contributed by atoms with van der Waals surface area (Å²) in [6.45, 7) is 0.559. The molecule has 3 rings (SSSR count). The lowest BCUT2D eigenvalue weighted by Gasteiger charge is -2.29. The van der Waals surface area contributed by atoms with E-state index in [0.717, 1.165) is 16.8 Å². The lowest BCUT2D eigenvalue weighted by molar-refractivity contribution is -0.119. The topological polar surface area (TPSA) is 49.7 Å². The van der Waals surface area contributed by atoms with Gasteiger partial charge in [0.15, 0.2) is 0 Å². The second-order valence-electron chi connectivity index (χ2n) is 4.98. The monoisotopic (exact) mass is 278 g/mol. The summed E-state index contributed by atoms with van der Waals surface area (Å²) in [5.41, 5.74) is 3.62. The lowest BCUT2D eigenvalue weighted by Crippen LogP contribution is -2.34. The molecule has 1 aliphatic rings. The maximum absolute atomic E-state index is 12.2. The van der Waals surface area contributed by atoms with Crippen LogP contribution in [0.2, 0.25) is 0 Å². The van der Waals surface area contributed by atoms with E-state index in [-0.39, 0.29) is 5.91 Å². The van der Waals surface area contributed by atoms with Crippen LogP contribution in [-0.4, -0.2) is 12.0 Å². The van der Waals surface area contributed by atoms with Gasteiger partial charge in [-0.3, -0.25) is 4.79 Å². The van der Waals surface area contributed by atoms with Crippen molar-refractivity contribution in [3.63, 3.8) is 0 Å². The van der Waals surface area contributed by atoms with E-state index in [1.54, 1.807) is 17.0 Å². The molecule has 0 spiro atoms. The SMILES string of the molecule is O=C=Nc1ccc2c(c1)CCC(=O)N2Cc1ccccc1. The molecule has 1 aliphatic heterocycles. The Labute approximate surface area is 122 Å². The molecule has 21 heavy (non-hydrogen) atoms. The molecule has 0 saturated carbocycles. The van der Waals surface area contributed by atoms with Gasteiger partial charge >= 0.3 is 0 Å². The Balaban J connectivity index is 1.95. The van der Waals surface area contributed by atoms with Gasteiger partial charge in [-0.1, -0.05) is 30.3 Å². The molecule has 1 heterocycles. The second-order valence-corrected chi connectivity index (χ2v) is 4.98. The summed E-state index contributed by atoms with van der Waals surface area (Å²) in [7, 11) is 0. The van der Waals surface area contributed by atoms with Gasteiger partial charge in [0.1, 0.15) is 0 Å². The molecule has 0 unspecified atom stereocenters. The molecule has 0 saturated heterocycles. The Hall–Kier alpha value is -2.71. The molecule has 104 valence electrons. The van der Waals surface area contributed by atoms with Crippen LogP contribution in [0.1, 0.15) is 17.5 Å². The number of carbonyl (C=O) groups excluding carboxylic acids is 2. The van der Waals surface area contributed by atoms with Crippen LogP contribution in [0.4, 0.5) is 11.4 Å². The second kappa shape index (κ2) is 5.73. The highest BCUT2D eigenvalue weighted by Gasteiger charge is 2.24. The fourth-order valence-corrected chi connectivity index (χ4v) is 2.61. The molecule has 0 fully saturated rings. The number of hydrogen-bond acceptors (Lipinski definition) is 3. The molecule has 2 aromatic rings. The molecule has 0 aromatic heterocycles. The number of nitrogens with zero attached hydrogens (tertiary/aromatic N) is 2. The predicted molar refractivity (Wildman–Crippen MR) is 80.2 cm³/mol. The molecule has 1 amide bonds. The molecule has 4 heteroatoms. The summed E-state index contributed by atoms with van der Waals surface area (Å²) in [6, 6.07) is 15.3. The number of rotatable bonds is 3. The Kier molecular flexibility index (Phi) is 3.63. The van der Waals surface area contributed by atoms with Gasteiger partial charge in [-0.25, -0.2) is 4.79 Å². The van der Waals surface area contributed by atoms with Crippen molar-refractivity contribution in [3.05, 3.63) is 59.7 Å². The summed E-state index contributed by atoms with van der Waals surface area (Å²) in [4.78, 5) is 28.0. The van der Waals surface area contributed by atoms with E-state index in [1.165, 1.54) is 0 Å². The first-order valence-electron chi connectivity index (χ1n) is 6.83. The maximum atomic E-state index is 12.2. The normalized spacial score (nSPS) is 13.5. The van der Waals surface area contributed by atoms with Crippen molar-refractivity contribution < 1.29 is 9.59 Å². The first-order valence-corrected chi connectivity index (χ1v) is 6.83. The molecular formula is C17H14N2O2. The van der Waals surface area contributed by atoms with Crippen molar-refractivity contribution in [1.29, 1.82) is 0 Å². The highest BCUT2D eigenvalue weighted by atomic mass is 16.2. The number of hydrogen-bond donors (Lipinski definition) is 0. The first kappa shape index (κ1) is 13.3. The van der Waals surface area contributed by atoms with Crippen molar-refractivity contribution >= 4 is 23.4 Å². The van der Waals surface area contributed by atoms with E-state index in [0.29, 0.717) is 25.1 Å². The van der Waals surface area contributed by atoms with Gasteiger partial charge in [0, 0.05) is 12.1 Å². The van der Waals surface area contributed by atoms with E-state index in [2.05, 4.69) is 4.99 Å². The molecule has 0 aliphatic carbocycles. The van der Waals surface area contributed by atoms with Crippen LogP contribution < -0.4 is 4.90 Å². The Morgan fingerprint density at radius 2 is 1.90 bits per heavy atom. The number of benzene rings is 2. The third-order valence-electron chi connectivity index (χ3n) is 3.62. The molecule has 0 N–H and O–H groups in total. The highest BCUT2D eigenvalue weighted by Crippen LogP contribution is 2.32. The standard InChI is InChI=1S/C17H14N2O2/c20-12-18-15-7-8-16-14(10-15)6-9-17(21)19(16)11-13-4-2-1-3-5-13/h1-5,7-8,10H,6,9,11H2. The number of aliphatic imine (C=N–C) groups is 1. The number of carbonyl (C=O) groups is 1. The number of anilines is 1. The van der Waals surface area contributed by atoms with Crippen molar-refractivity contribution in [2.75, 3.05) is 4.90 Å². The van der Waals surface area contributed by atoms with Crippen molar-refractivity contribution in [2.24, 2.45) is 4.99 Å². The smallest absolute Gasteiger partial charge is 0.240 e. The highest BCUT2D eigenvalue weighted by molar-refractivity contribution is 5.96. The molecule has 2 aromatic carbocycles. The van der Waals surface area contributed by atoms with Gasteiger partial charge in [-0.15, -0.1) is 0 Å². The minimum Gasteiger partial charge on any atom is -0.308 e. The van der Waals surface area contributed by atoms with E-state index in [4.69, 9.17) is 0 Å². The zero-order valence-corrected chi connectivity index (χ0v) is 11.5. The van der Waals surface area contributed by atoms with Gasteiger partial charge in [0.25, 0.3) is 0 Å². The molecule has 0 radical (unpaired) electrons. The summed E-state index contributed by atoms with van der Waals surface area (Å²) in [5, 5.41) is 0. The lowest BCUT2D eigenvalue weighted by atomic mass is 9.99. The Morgan fingerprint density at radius 1 is 1.10 bits per heavy atom. The molecule has 4 nitrogen and oxygen atoms in total. The Bertz CT molecular complexity index is 719. The molecule has 0 bridgehead atoms. The van der Waals surface area contributed by atoms with Crippen LogP contribution in [0, 0.1) is 0 Å². The van der Waals surface area contributed by atoms with Gasteiger partial charge < -0.3 is 4.90 Å². The first-order chi connectivity index (χ1) is 10.3. The minimum atomic E-state index is 0.123. The van der Waals surface area contributed by atoms with E-state index >= 15 is 0 Å². The average molecular weight is 278 g/mol. The zero-order valence-electron chi connectivity index (χ0n) is 11.5. The van der Waals surface area contributed by atoms with Crippen LogP contribution in [0.5, 0.6) is 0 Å². The predicted octanol–water partition coefficient (Wildman–Crippen LogP) is 3.13. The summed E-state index contributed by atoms with van der Waals surface area (Å²) < 4.78 is 0. The number of fused-ring (bicyclic) bond motifs is 1. The number of isocyanates is 1. The summed E-state index contributed by atoms with van der Waals surface area (Å²) in [5.74, 6) is 0.123. The summed E-state index contributed by atoms with van der Waals surface area (Å²) in [6.07, 6.45) is 2.71.